The Morgan fingerprint density at radius 1 is 0.711 bits per heavy atom. The molecule has 0 unspecified atom stereocenters. The van der Waals surface area contributed by atoms with Crippen molar-refractivity contribution in [3.63, 3.8) is 0 Å². The third kappa shape index (κ3) is 7.45. The molecule has 0 saturated heterocycles. The SMILES string of the molecule is COCc1cc(C(C)(C)C)cc(C=N[C@@H]2CCCC[C@H]2N=Cc2cc(C(C)(C)C)cc(COC)c2O)c1O. The van der Waals surface area contributed by atoms with Crippen LogP contribution in [0.5, 0.6) is 11.5 Å². The molecule has 0 aliphatic heterocycles. The van der Waals surface area contributed by atoms with Crippen molar-refractivity contribution < 1.29 is 19.7 Å². The number of rotatable bonds is 8. The molecule has 1 aliphatic rings. The first kappa shape index (κ1) is 29.9. The largest absolute Gasteiger partial charge is 0.507 e. The molecule has 0 spiro atoms. The van der Waals surface area contributed by atoms with Crippen molar-refractivity contribution in [2.24, 2.45) is 9.98 Å². The Labute approximate surface area is 228 Å². The van der Waals surface area contributed by atoms with Crippen LogP contribution in [-0.2, 0) is 33.5 Å². The lowest BCUT2D eigenvalue weighted by Crippen LogP contribution is -2.27. The fraction of sp³-hybridized carbons (Fsp3) is 0.562. The van der Waals surface area contributed by atoms with Gasteiger partial charge in [-0.1, -0.05) is 54.4 Å². The fourth-order valence-corrected chi connectivity index (χ4v) is 4.82. The summed E-state index contributed by atoms with van der Waals surface area (Å²) >= 11 is 0. The number of hydrogen-bond acceptors (Lipinski definition) is 6. The summed E-state index contributed by atoms with van der Waals surface area (Å²) in [7, 11) is 3.27. The van der Waals surface area contributed by atoms with Crippen LogP contribution in [0.1, 0.15) is 101 Å². The molecule has 208 valence electrons. The van der Waals surface area contributed by atoms with Gasteiger partial charge >= 0.3 is 0 Å². The Hall–Kier alpha value is -2.70. The number of benzene rings is 2. The van der Waals surface area contributed by atoms with Crippen molar-refractivity contribution in [3.8, 4) is 11.5 Å². The van der Waals surface area contributed by atoms with E-state index in [1.807, 2.05) is 24.3 Å². The molecule has 0 radical (unpaired) electrons. The van der Waals surface area contributed by atoms with Gasteiger partial charge in [0.05, 0.1) is 25.3 Å². The first-order chi connectivity index (χ1) is 17.8. The Balaban J connectivity index is 1.92. The Kier molecular flexibility index (Phi) is 9.77. The van der Waals surface area contributed by atoms with Gasteiger partial charge in [0.2, 0.25) is 0 Å². The van der Waals surface area contributed by atoms with E-state index >= 15 is 0 Å². The number of hydrogen-bond donors (Lipinski definition) is 2. The monoisotopic (exact) mass is 522 g/mol. The predicted molar refractivity (Wildman–Crippen MR) is 156 cm³/mol. The van der Waals surface area contributed by atoms with Gasteiger partial charge in [0, 0.05) is 48.9 Å². The van der Waals surface area contributed by atoms with Crippen molar-refractivity contribution in [1.82, 2.24) is 0 Å². The number of phenols is 2. The molecule has 1 fully saturated rings. The minimum atomic E-state index is -0.0677. The summed E-state index contributed by atoms with van der Waals surface area (Å²) in [6.07, 6.45) is 7.67. The molecule has 2 aromatic rings. The summed E-state index contributed by atoms with van der Waals surface area (Å²) in [6.45, 7) is 13.6. The maximum absolute atomic E-state index is 10.9. The lowest BCUT2D eigenvalue weighted by atomic mass is 9.84. The summed E-state index contributed by atoms with van der Waals surface area (Å²) in [5.74, 6) is 0.433. The molecule has 0 aromatic heterocycles. The molecule has 1 aliphatic carbocycles. The quantitative estimate of drug-likeness (QED) is 0.372. The maximum Gasteiger partial charge on any atom is 0.129 e. The number of aromatic hydroxyl groups is 2. The molecular formula is C32H46N2O4. The summed E-state index contributed by atoms with van der Waals surface area (Å²) in [4.78, 5) is 9.87. The van der Waals surface area contributed by atoms with E-state index in [2.05, 4.69) is 41.5 Å². The number of nitrogens with zero attached hydrogens (tertiary/aromatic N) is 2. The molecule has 0 amide bonds. The lowest BCUT2D eigenvalue weighted by Gasteiger charge is -2.26. The summed E-state index contributed by atoms with van der Waals surface area (Å²) < 4.78 is 10.7. The minimum Gasteiger partial charge on any atom is -0.507 e. The van der Waals surface area contributed by atoms with E-state index in [1.165, 1.54) is 0 Å². The zero-order valence-corrected chi connectivity index (χ0v) is 24.5. The minimum absolute atomic E-state index is 0.00922. The van der Waals surface area contributed by atoms with Crippen molar-refractivity contribution >= 4 is 12.4 Å². The summed E-state index contributed by atoms with van der Waals surface area (Å²) in [6, 6.07) is 8.09. The lowest BCUT2D eigenvalue weighted by molar-refractivity contribution is 0.181. The number of aliphatic imine (C=N–C) groups is 2. The first-order valence-electron chi connectivity index (χ1n) is 13.6. The highest BCUT2D eigenvalue weighted by Crippen LogP contribution is 2.33. The normalized spacial score (nSPS) is 19.1. The van der Waals surface area contributed by atoms with Crippen LogP contribution >= 0.6 is 0 Å². The van der Waals surface area contributed by atoms with Crippen LogP contribution in [0, 0.1) is 0 Å². The Morgan fingerprint density at radius 2 is 1.08 bits per heavy atom. The van der Waals surface area contributed by atoms with Crippen LogP contribution in [0.3, 0.4) is 0 Å². The molecule has 3 rings (SSSR count). The number of ether oxygens (including phenoxy) is 2. The highest BCUT2D eigenvalue weighted by atomic mass is 16.5. The highest BCUT2D eigenvalue weighted by molar-refractivity contribution is 5.86. The van der Waals surface area contributed by atoms with Gasteiger partial charge in [-0.3, -0.25) is 9.98 Å². The van der Waals surface area contributed by atoms with Gasteiger partial charge in [-0.2, -0.15) is 0 Å². The third-order valence-electron chi connectivity index (χ3n) is 7.27. The predicted octanol–water partition coefficient (Wildman–Crippen LogP) is 6.83. The van der Waals surface area contributed by atoms with Crippen LogP contribution in [0.15, 0.2) is 34.3 Å². The van der Waals surface area contributed by atoms with E-state index in [-0.39, 0.29) is 34.4 Å². The fourth-order valence-electron chi connectivity index (χ4n) is 4.82. The second-order valence-corrected chi connectivity index (χ2v) is 12.5. The molecule has 2 N–H and O–H groups in total. The Bertz CT molecular complexity index is 1060. The van der Waals surface area contributed by atoms with Gasteiger partial charge in [0.25, 0.3) is 0 Å². The molecule has 0 heterocycles. The molecular weight excluding hydrogens is 476 g/mol. The van der Waals surface area contributed by atoms with Gasteiger partial charge in [0.15, 0.2) is 0 Å². The van der Waals surface area contributed by atoms with Crippen molar-refractivity contribution in [1.29, 1.82) is 0 Å². The highest BCUT2D eigenvalue weighted by Gasteiger charge is 2.25. The van der Waals surface area contributed by atoms with Crippen molar-refractivity contribution in [3.05, 3.63) is 57.6 Å². The van der Waals surface area contributed by atoms with Crippen molar-refractivity contribution in [2.75, 3.05) is 14.2 Å². The van der Waals surface area contributed by atoms with Crippen LogP contribution in [0.2, 0.25) is 0 Å². The zero-order valence-electron chi connectivity index (χ0n) is 24.5. The zero-order chi connectivity index (χ0) is 28.1. The molecule has 6 heteroatoms. The van der Waals surface area contributed by atoms with Crippen molar-refractivity contribution in [2.45, 2.75) is 103 Å². The van der Waals surface area contributed by atoms with Gasteiger partial charge in [-0.25, -0.2) is 0 Å². The molecule has 0 bridgehead atoms. The van der Waals surface area contributed by atoms with Gasteiger partial charge in [0.1, 0.15) is 11.5 Å². The summed E-state index contributed by atoms with van der Waals surface area (Å²) in [5.41, 5.74) is 5.06. The average Bonchev–Trinajstić information content (AvgIpc) is 2.84. The third-order valence-corrected chi connectivity index (χ3v) is 7.27. The van der Waals surface area contributed by atoms with Crippen LogP contribution in [-0.4, -0.2) is 48.9 Å². The molecule has 6 nitrogen and oxygen atoms in total. The first-order valence-corrected chi connectivity index (χ1v) is 13.6. The maximum atomic E-state index is 10.9. The van der Waals surface area contributed by atoms with Gasteiger partial charge < -0.3 is 19.7 Å². The topological polar surface area (TPSA) is 83.6 Å². The van der Waals surface area contributed by atoms with Crippen LogP contribution < -0.4 is 0 Å². The second-order valence-electron chi connectivity index (χ2n) is 12.5. The van der Waals surface area contributed by atoms with Gasteiger partial charge in [-0.15, -0.1) is 0 Å². The molecule has 2 aromatic carbocycles. The van der Waals surface area contributed by atoms with Crippen LogP contribution in [0.25, 0.3) is 0 Å². The molecule has 1 saturated carbocycles. The average molecular weight is 523 g/mol. The van der Waals surface area contributed by atoms with E-state index in [4.69, 9.17) is 19.5 Å². The second kappa shape index (κ2) is 12.4. The van der Waals surface area contributed by atoms with E-state index in [0.29, 0.717) is 24.3 Å². The van der Waals surface area contributed by atoms with E-state index in [9.17, 15) is 10.2 Å². The molecule has 2 atom stereocenters. The van der Waals surface area contributed by atoms with Crippen LogP contribution in [0.4, 0.5) is 0 Å². The number of phenolic OH excluding ortho intramolecular Hbond substituents is 2. The van der Waals surface area contributed by atoms with Gasteiger partial charge in [-0.05, 0) is 59.1 Å². The van der Waals surface area contributed by atoms with E-state index < -0.39 is 0 Å². The standard InChI is InChI=1S/C32H46N2O4/c1-31(2,3)25-13-21(29(35)23(15-25)19-37-7)17-33-27-11-9-10-12-28(27)34-18-22-14-26(32(4,5)6)16-24(20-38-8)30(22)36/h13-18,27-28,35-36H,9-12,19-20H2,1-8H3/t27-,28-/m1/s1. The van der Waals surface area contributed by atoms with E-state index in [1.54, 1.807) is 26.6 Å². The summed E-state index contributed by atoms with van der Waals surface area (Å²) in [5, 5.41) is 21.8. The Morgan fingerprint density at radius 3 is 1.39 bits per heavy atom. The smallest absolute Gasteiger partial charge is 0.129 e. The number of methoxy groups -OCH3 is 2. The van der Waals surface area contributed by atoms with E-state index in [0.717, 1.165) is 47.9 Å². The molecule has 38 heavy (non-hydrogen) atoms.